The zero-order chi connectivity index (χ0) is 14.4. The number of rotatable bonds is 5. The Kier molecular flexibility index (Phi) is 4.91. The first kappa shape index (κ1) is 14.3. The normalized spacial score (nSPS) is 10.3. The van der Waals surface area contributed by atoms with E-state index in [1.54, 1.807) is 0 Å². The number of hydrogen-bond acceptors (Lipinski definition) is 2. The third-order valence-electron chi connectivity index (χ3n) is 3.17. The van der Waals surface area contributed by atoms with Crippen molar-refractivity contribution in [3.05, 3.63) is 65.2 Å². The number of hydrogen-bond donors (Lipinski definition) is 2. The van der Waals surface area contributed by atoms with Gasteiger partial charge in [-0.05, 0) is 56.1 Å². The Labute approximate surface area is 119 Å². The molecule has 0 heterocycles. The summed E-state index contributed by atoms with van der Waals surface area (Å²) in [4.78, 5) is 12.1. The highest BCUT2D eigenvalue weighted by Gasteiger charge is 2.05. The summed E-state index contributed by atoms with van der Waals surface area (Å²) in [6.45, 7) is 2.68. The summed E-state index contributed by atoms with van der Waals surface area (Å²) in [5.41, 5.74) is 9.34. The number of anilines is 1. The Hall–Kier alpha value is -2.13. The predicted octanol–water partition coefficient (Wildman–Crippen LogP) is 3.14. The minimum absolute atomic E-state index is 0.0824. The van der Waals surface area contributed by atoms with Crippen molar-refractivity contribution < 1.29 is 4.79 Å². The van der Waals surface area contributed by atoms with E-state index in [0.29, 0.717) is 12.1 Å². The Bertz CT molecular complexity index is 576. The summed E-state index contributed by atoms with van der Waals surface area (Å²) < 4.78 is 0. The summed E-state index contributed by atoms with van der Waals surface area (Å²) in [6.07, 6.45) is 1.89. The van der Waals surface area contributed by atoms with Crippen LogP contribution in [0.2, 0.25) is 0 Å². The van der Waals surface area contributed by atoms with Gasteiger partial charge in [0.2, 0.25) is 0 Å². The highest BCUT2D eigenvalue weighted by Crippen LogP contribution is 2.14. The van der Waals surface area contributed by atoms with Crippen molar-refractivity contribution >= 4 is 11.6 Å². The van der Waals surface area contributed by atoms with Crippen LogP contribution in [-0.4, -0.2) is 12.5 Å². The second-order valence-electron chi connectivity index (χ2n) is 4.91. The van der Waals surface area contributed by atoms with Crippen LogP contribution in [-0.2, 0) is 6.42 Å². The van der Waals surface area contributed by atoms with E-state index in [4.69, 9.17) is 5.73 Å². The highest BCUT2D eigenvalue weighted by atomic mass is 16.1. The second-order valence-corrected chi connectivity index (χ2v) is 4.91. The molecular weight excluding hydrogens is 248 g/mol. The number of amides is 1. The van der Waals surface area contributed by atoms with Gasteiger partial charge in [-0.3, -0.25) is 4.79 Å². The summed E-state index contributed by atoms with van der Waals surface area (Å²) in [5.74, 6) is -0.0824. The maximum Gasteiger partial charge on any atom is 0.255 e. The van der Waals surface area contributed by atoms with Crippen LogP contribution in [0.3, 0.4) is 0 Å². The van der Waals surface area contributed by atoms with Gasteiger partial charge >= 0.3 is 0 Å². The Morgan fingerprint density at radius 1 is 1.15 bits per heavy atom. The molecule has 0 unspecified atom stereocenters. The average Bonchev–Trinajstić information content (AvgIpc) is 2.46. The van der Waals surface area contributed by atoms with Crippen LogP contribution in [0.4, 0.5) is 5.69 Å². The van der Waals surface area contributed by atoms with Gasteiger partial charge in [-0.15, -0.1) is 0 Å². The van der Waals surface area contributed by atoms with Gasteiger partial charge < -0.3 is 11.1 Å². The number of nitrogens with two attached hydrogens (primary N) is 1. The molecule has 0 aliphatic carbocycles. The molecule has 0 aromatic heterocycles. The average molecular weight is 268 g/mol. The van der Waals surface area contributed by atoms with Crippen LogP contribution >= 0.6 is 0 Å². The number of nitrogens with one attached hydrogen (secondary N) is 1. The molecule has 0 atom stereocenters. The molecule has 0 aliphatic rings. The van der Waals surface area contributed by atoms with Crippen LogP contribution < -0.4 is 11.1 Å². The summed E-state index contributed by atoms with van der Waals surface area (Å²) in [6, 6.07) is 15.5. The highest BCUT2D eigenvalue weighted by molar-refractivity contribution is 6.04. The van der Waals surface area contributed by atoms with E-state index in [9.17, 15) is 4.79 Å². The lowest BCUT2D eigenvalue weighted by Crippen LogP contribution is -2.12. The topological polar surface area (TPSA) is 55.1 Å². The van der Waals surface area contributed by atoms with Gasteiger partial charge in [-0.25, -0.2) is 0 Å². The molecule has 0 bridgehead atoms. The molecule has 2 aromatic carbocycles. The summed E-state index contributed by atoms with van der Waals surface area (Å²) in [7, 11) is 0. The molecule has 1 amide bonds. The van der Waals surface area contributed by atoms with Crippen molar-refractivity contribution in [2.45, 2.75) is 19.8 Å². The zero-order valence-corrected chi connectivity index (χ0v) is 11.7. The standard InChI is InChI=1S/C17H20N2O/c1-13-7-9-15(10-8-13)17(20)19-16-6-2-4-14(12-16)5-3-11-18/h2,4,6-10,12H,3,5,11,18H2,1H3,(H,19,20). The van der Waals surface area contributed by atoms with E-state index in [0.717, 1.165) is 24.1 Å². The summed E-state index contributed by atoms with van der Waals surface area (Å²) in [5, 5.41) is 2.92. The van der Waals surface area contributed by atoms with Crippen LogP contribution in [0, 0.1) is 6.92 Å². The molecule has 3 nitrogen and oxygen atoms in total. The Balaban J connectivity index is 2.05. The van der Waals surface area contributed by atoms with Crippen molar-refractivity contribution in [3.8, 4) is 0 Å². The molecule has 104 valence electrons. The fourth-order valence-electron chi connectivity index (χ4n) is 2.02. The van der Waals surface area contributed by atoms with Gasteiger partial charge in [0, 0.05) is 11.3 Å². The zero-order valence-electron chi connectivity index (χ0n) is 11.7. The first-order chi connectivity index (χ1) is 9.69. The number of benzene rings is 2. The fraction of sp³-hybridized carbons (Fsp3) is 0.235. The molecule has 0 fully saturated rings. The molecule has 0 spiro atoms. The third kappa shape index (κ3) is 3.93. The Morgan fingerprint density at radius 3 is 2.60 bits per heavy atom. The van der Waals surface area contributed by atoms with Crippen molar-refractivity contribution in [2.75, 3.05) is 11.9 Å². The molecule has 2 aromatic rings. The van der Waals surface area contributed by atoms with Crippen LogP contribution in [0.25, 0.3) is 0 Å². The lowest BCUT2D eigenvalue weighted by Gasteiger charge is -2.07. The van der Waals surface area contributed by atoms with Gasteiger partial charge in [0.1, 0.15) is 0 Å². The van der Waals surface area contributed by atoms with E-state index >= 15 is 0 Å². The molecule has 20 heavy (non-hydrogen) atoms. The first-order valence-electron chi connectivity index (χ1n) is 6.86. The quantitative estimate of drug-likeness (QED) is 0.875. The van der Waals surface area contributed by atoms with E-state index in [-0.39, 0.29) is 5.91 Å². The molecule has 0 saturated carbocycles. The minimum Gasteiger partial charge on any atom is -0.330 e. The molecule has 3 heteroatoms. The van der Waals surface area contributed by atoms with Crippen LogP contribution in [0.1, 0.15) is 27.9 Å². The van der Waals surface area contributed by atoms with Crippen molar-refractivity contribution in [1.29, 1.82) is 0 Å². The predicted molar refractivity (Wildman–Crippen MR) is 82.9 cm³/mol. The fourth-order valence-corrected chi connectivity index (χ4v) is 2.02. The van der Waals surface area contributed by atoms with Crippen LogP contribution in [0.5, 0.6) is 0 Å². The molecule has 0 radical (unpaired) electrons. The maximum atomic E-state index is 12.1. The number of aryl methyl sites for hydroxylation is 2. The van der Waals surface area contributed by atoms with E-state index in [1.807, 2.05) is 49.4 Å². The van der Waals surface area contributed by atoms with E-state index in [2.05, 4.69) is 11.4 Å². The van der Waals surface area contributed by atoms with Crippen molar-refractivity contribution in [2.24, 2.45) is 5.73 Å². The number of carbonyl (C=O) groups excluding carboxylic acids is 1. The lowest BCUT2D eigenvalue weighted by molar-refractivity contribution is 0.102. The molecular formula is C17H20N2O. The van der Waals surface area contributed by atoms with Gasteiger partial charge in [-0.2, -0.15) is 0 Å². The Morgan fingerprint density at radius 2 is 1.90 bits per heavy atom. The van der Waals surface area contributed by atoms with E-state index < -0.39 is 0 Å². The SMILES string of the molecule is Cc1ccc(C(=O)Nc2cccc(CCCN)c2)cc1. The molecule has 0 aliphatic heterocycles. The van der Waals surface area contributed by atoms with Gasteiger partial charge in [-0.1, -0.05) is 29.8 Å². The summed E-state index contributed by atoms with van der Waals surface area (Å²) >= 11 is 0. The lowest BCUT2D eigenvalue weighted by atomic mass is 10.1. The number of carbonyl (C=O) groups is 1. The van der Waals surface area contributed by atoms with Gasteiger partial charge in [0.25, 0.3) is 5.91 Å². The third-order valence-corrected chi connectivity index (χ3v) is 3.17. The molecule has 3 N–H and O–H groups in total. The van der Waals surface area contributed by atoms with Crippen molar-refractivity contribution in [1.82, 2.24) is 0 Å². The molecule has 2 rings (SSSR count). The second kappa shape index (κ2) is 6.87. The smallest absolute Gasteiger partial charge is 0.255 e. The molecule has 0 saturated heterocycles. The minimum atomic E-state index is -0.0824. The van der Waals surface area contributed by atoms with Gasteiger partial charge in [0.15, 0.2) is 0 Å². The van der Waals surface area contributed by atoms with Crippen LogP contribution in [0.15, 0.2) is 48.5 Å². The monoisotopic (exact) mass is 268 g/mol. The first-order valence-corrected chi connectivity index (χ1v) is 6.86. The largest absolute Gasteiger partial charge is 0.330 e. The van der Waals surface area contributed by atoms with E-state index in [1.165, 1.54) is 5.56 Å². The maximum absolute atomic E-state index is 12.1. The van der Waals surface area contributed by atoms with Crippen molar-refractivity contribution in [3.63, 3.8) is 0 Å². The van der Waals surface area contributed by atoms with Gasteiger partial charge in [0.05, 0.1) is 0 Å².